The Kier molecular flexibility index (Phi) is 4.10. The maximum absolute atomic E-state index is 11.7. The molecule has 1 amide bonds. The van der Waals surface area contributed by atoms with Gasteiger partial charge in [0.15, 0.2) is 0 Å². The lowest BCUT2D eigenvalue weighted by molar-refractivity contribution is -0.121. The smallest absolute Gasteiger partial charge is 0.222 e. The van der Waals surface area contributed by atoms with E-state index in [0.717, 1.165) is 25.9 Å². The number of rotatable bonds is 6. The highest BCUT2D eigenvalue weighted by Gasteiger charge is 2.23. The number of fused-ring (bicyclic) bond motifs is 1. The van der Waals surface area contributed by atoms with Crippen LogP contribution in [0, 0.1) is 0 Å². The number of nitrogens with zero attached hydrogens (tertiary/aromatic N) is 1. The van der Waals surface area contributed by atoms with Crippen LogP contribution in [0.5, 0.6) is 0 Å². The first-order chi connectivity index (χ1) is 9.76. The number of amides is 1. The van der Waals surface area contributed by atoms with Crippen LogP contribution in [0.4, 0.5) is 0 Å². The van der Waals surface area contributed by atoms with E-state index in [1.54, 1.807) is 0 Å². The third-order valence-corrected chi connectivity index (χ3v) is 4.30. The standard InChI is InChI=1S/C16H25N3O/c1-2-17-15-5-3-4-12-10-19(11-14(12)15)9-8-16(20)18-13-6-7-13/h10-11,13,15,17H,2-9H2,1H3,(H,18,20). The van der Waals surface area contributed by atoms with Gasteiger partial charge in [0.2, 0.25) is 5.91 Å². The normalized spacial score (nSPS) is 21.6. The molecule has 4 nitrogen and oxygen atoms in total. The molecular formula is C16H25N3O. The van der Waals surface area contributed by atoms with Crippen LogP contribution in [0.2, 0.25) is 0 Å². The van der Waals surface area contributed by atoms with Gasteiger partial charge >= 0.3 is 0 Å². The van der Waals surface area contributed by atoms with E-state index >= 15 is 0 Å². The monoisotopic (exact) mass is 275 g/mol. The number of aromatic nitrogens is 1. The van der Waals surface area contributed by atoms with Crippen molar-refractivity contribution < 1.29 is 4.79 Å². The minimum Gasteiger partial charge on any atom is -0.353 e. The van der Waals surface area contributed by atoms with Crippen molar-refractivity contribution in [2.75, 3.05) is 6.54 Å². The minimum absolute atomic E-state index is 0.197. The van der Waals surface area contributed by atoms with Gasteiger partial charge in [-0.2, -0.15) is 0 Å². The molecule has 20 heavy (non-hydrogen) atoms. The number of carbonyl (C=O) groups is 1. The zero-order valence-corrected chi connectivity index (χ0v) is 12.3. The molecule has 0 bridgehead atoms. The zero-order chi connectivity index (χ0) is 13.9. The summed E-state index contributed by atoms with van der Waals surface area (Å²) in [6, 6.07) is 0.976. The van der Waals surface area contributed by atoms with Gasteiger partial charge in [-0.25, -0.2) is 0 Å². The van der Waals surface area contributed by atoms with Gasteiger partial charge in [-0.05, 0) is 49.8 Å². The molecule has 0 saturated heterocycles. The van der Waals surface area contributed by atoms with Crippen LogP contribution in [-0.4, -0.2) is 23.1 Å². The predicted octanol–water partition coefficient (Wildman–Crippen LogP) is 2.14. The first-order valence-electron chi connectivity index (χ1n) is 7.97. The second-order valence-corrected chi connectivity index (χ2v) is 6.07. The Labute approximate surface area is 120 Å². The molecule has 1 aromatic rings. The van der Waals surface area contributed by atoms with Gasteiger partial charge in [0.25, 0.3) is 0 Å². The third kappa shape index (κ3) is 3.23. The summed E-state index contributed by atoms with van der Waals surface area (Å²) < 4.78 is 2.20. The molecule has 0 aromatic carbocycles. The van der Waals surface area contributed by atoms with Crippen molar-refractivity contribution in [2.45, 2.75) is 64.1 Å². The van der Waals surface area contributed by atoms with Crippen molar-refractivity contribution in [3.63, 3.8) is 0 Å². The lowest BCUT2D eigenvalue weighted by Crippen LogP contribution is -2.26. The number of hydrogen-bond acceptors (Lipinski definition) is 2. The quantitative estimate of drug-likeness (QED) is 0.835. The summed E-state index contributed by atoms with van der Waals surface area (Å²) in [6.07, 6.45) is 11.1. The molecule has 0 spiro atoms. The van der Waals surface area contributed by atoms with Crippen molar-refractivity contribution in [1.82, 2.24) is 15.2 Å². The summed E-state index contributed by atoms with van der Waals surface area (Å²) in [5.74, 6) is 0.197. The highest BCUT2D eigenvalue weighted by atomic mass is 16.1. The summed E-state index contributed by atoms with van der Waals surface area (Å²) in [7, 11) is 0. The van der Waals surface area contributed by atoms with Crippen LogP contribution in [0.1, 0.15) is 56.2 Å². The van der Waals surface area contributed by atoms with Crippen molar-refractivity contribution in [3.05, 3.63) is 23.5 Å². The Hall–Kier alpha value is -1.29. The fourth-order valence-corrected chi connectivity index (χ4v) is 3.09. The molecule has 1 aromatic heterocycles. The van der Waals surface area contributed by atoms with E-state index in [-0.39, 0.29) is 5.91 Å². The molecule has 2 aliphatic rings. The zero-order valence-electron chi connectivity index (χ0n) is 12.3. The number of hydrogen-bond donors (Lipinski definition) is 2. The Balaban J connectivity index is 1.58. The van der Waals surface area contributed by atoms with Crippen molar-refractivity contribution in [3.8, 4) is 0 Å². The van der Waals surface area contributed by atoms with E-state index in [1.807, 2.05) is 0 Å². The first-order valence-corrected chi connectivity index (χ1v) is 7.97. The topological polar surface area (TPSA) is 46.1 Å². The summed E-state index contributed by atoms with van der Waals surface area (Å²) in [6.45, 7) is 3.97. The van der Waals surface area contributed by atoms with Gasteiger partial charge in [-0.15, -0.1) is 0 Å². The predicted molar refractivity (Wildman–Crippen MR) is 79.6 cm³/mol. The molecule has 3 rings (SSSR count). The Morgan fingerprint density at radius 1 is 1.35 bits per heavy atom. The Bertz CT molecular complexity index is 476. The summed E-state index contributed by atoms with van der Waals surface area (Å²) in [4.78, 5) is 11.7. The maximum Gasteiger partial charge on any atom is 0.222 e. The molecule has 0 radical (unpaired) electrons. The fourth-order valence-electron chi connectivity index (χ4n) is 3.09. The maximum atomic E-state index is 11.7. The average molecular weight is 275 g/mol. The average Bonchev–Trinajstić information content (AvgIpc) is 3.14. The minimum atomic E-state index is 0.197. The van der Waals surface area contributed by atoms with Gasteiger partial charge in [-0.1, -0.05) is 6.92 Å². The van der Waals surface area contributed by atoms with Gasteiger partial charge in [0.05, 0.1) is 0 Å². The highest BCUT2D eigenvalue weighted by molar-refractivity contribution is 5.76. The van der Waals surface area contributed by atoms with Crippen LogP contribution >= 0.6 is 0 Å². The molecule has 2 aliphatic carbocycles. The summed E-state index contributed by atoms with van der Waals surface area (Å²) in [5, 5.41) is 6.61. The molecule has 1 heterocycles. The van der Waals surface area contributed by atoms with Crippen LogP contribution in [-0.2, 0) is 17.8 Å². The molecular weight excluding hydrogens is 250 g/mol. The van der Waals surface area contributed by atoms with E-state index in [0.29, 0.717) is 18.5 Å². The van der Waals surface area contributed by atoms with Crippen molar-refractivity contribution >= 4 is 5.91 Å². The van der Waals surface area contributed by atoms with Gasteiger partial charge in [-0.3, -0.25) is 4.79 Å². The SMILES string of the molecule is CCNC1CCCc2cn(CCC(=O)NC3CC3)cc21. The van der Waals surface area contributed by atoms with Crippen molar-refractivity contribution in [1.29, 1.82) is 0 Å². The molecule has 1 atom stereocenters. The molecule has 4 heteroatoms. The lowest BCUT2D eigenvalue weighted by Gasteiger charge is -2.22. The first kappa shape index (κ1) is 13.7. The summed E-state index contributed by atoms with van der Waals surface area (Å²) >= 11 is 0. The van der Waals surface area contributed by atoms with Gasteiger partial charge < -0.3 is 15.2 Å². The summed E-state index contributed by atoms with van der Waals surface area (Å²) in [5.41, 5.74) is 2.91. The number of aryl methyl sites for hydroxylation is 2. The molecule has 110 valence electrons. The van der Waals surface area contributed by atoms with E-state index in [4.69, 9.17) is 0 Å². The van der Waals surface area contributed by atoms with E-state index in [2.05, 4.69) is 34.5 Å². The molecule has 1 saturated carbocycles. The molecule has 0 aliphatic heterocycles. The fraction of sp³-hybridized carbons (Fsp3) is 0.688. The van der Waals surface area contributed by atoms with E-state index in [1.165, 1.54) is 30.4 Å². The van der Waals surface area contributed by atoms with Gasteiger partial charge in [0, 0.05) is 37.4 Å². The lowest BCUT2D eigenvalue weighted by atomic mass is 9.91. The number of nitrogens with one attached hydrogen (secondary N) is 2. The van der Waals surface area contributed by atoms with Crippen LogP contribution in [0.15, 0.2) is 12.4 Å². The van der Waals surface area contributed by atoms with Crippen LogP contribution in [0.25, 0.3) is 0 Å². The third-order valence-electron chi connectivity index (χ3n) is 4.30. The molecule has 2 N–H and O–H groups in total. The second-order valence-electron chi connectivity index (χ2n) is 6.07. The highest BCUT2D eigenvalue weighted by Crippen LogP contribution is 2.30. The van der Waals surface area contributed by atoms with Crippen LogP contribution < -0.4 is 10.6 Å². The van der Waals surface area contributed by atoms with E-state index in [9.17, 15) is 4.79 Å². The molecule has 1 fully saturated rings. The number of carbonyl (C=O) groups excluding carboxylic acids is 1. The van der Waals surface area contributed by atoms with Crippen molar-refractivity contribution in [2.24, 2.45) is 0 Å². The van der Waals surface area contributed by atoms with Crippen LogP contribution in [0.3, 0.4) is 0 Å². The second kappa shape index (κ2) is 6.00. The van der Waals surface area contributed by atoms with E-state index < -0.39 is 0 Å². The Morgan fingerprint density at radius 2 is 2.20 bits per heavy atom. The molecule has 1 unspecified atom stereocenters. The largest absolute Gasteiger partial charge is 0.353 e. The van der Waals surface area contributed by atoms with Gasteiger partial charge in [0.1, 0.15) is 0 Å². The Morgan fingerprint density at radius 3 is 2.95 bits per heavy atom.